The van der Waals surface area contributed by atoms with Crippen LogP contribution in [0.5, 0.6) is 0 Å². The summed E-state index contributed by atoms with van der Waals surface area (Å²) in [6.07, 6.45) is 2.53. The van der Waals surface area contributed by atoms with Crippen LogP contribution in [0, 0.1) is 0 Å². The summed E-state index contributed by atoms with van der Waals surface area (Å²) in [6, 6.07) is 13.9. The molecule has 6 nitrogen and oxygen atoms in total. The van der Waals surface area contributed by atoms with Crippen LogP contribution in [0.15, 0.2) is 53.0 Å². The third kappa shape index (κ3) is 5.01. The summed E-state index contributed by atoms with van der Waals surface area (Å²) in [5, 5.41) is 3.50. The fraction of sp³-hybridized carbons (Fsp3) is 0.350. The Morgan fingerprint density at radius 3 is 3.04 bits per heavy atom. The second-order valence-electron chi connectivity index (χ2n) is 6.58. The van der Waals surface area contributed by atoms with Gasteiger partial charge in [-0.05, 0) is 24.1 Å². The van der Waals surface area contributed by atoms with Gasteiger partial charge in [0.25, 0.3) is 0 Å². The summed E-state index contributed by atoms with van der Waals surface area (Å²) in [6.45, 7) is 2.47. The molecule has 146 valence electrons. The highest BCUT2D eigenvalue weighted by atomic mass is 32.2. The van der Waals surface area contributed by atoms with E-state index in [2.05, 4.69) is 15.3 Å². The number of rotatable bonds is 6. The zero-order valence-corrected chi connectivity index (χ0v) is 17.0. The lowest BCUT2D eigenvalue weighted by atomic mass is 10.2. The first kappa shape index (κ1) is 19.2. The highest BCUT2D eigenvalue weighted by Crippen LogP contribution is 2.28. The van der Waals surface area contributed by atoms with Crippen LogP contribution in [0.1, 0.15) is 12.0 Å². The lowest BCUT2D eigenvalue weighted by Crippen LogP contribution is -2.52. The van der Waals surface area contributed by atoms with Gasteiger partial charge in [0, 0.05) is 37.6 Å². The molecule has 0 saturated carbocycles. The van der Waals surface area contributed by atoms with Crippen molar-refractivity contribution in [2.45, 2.75) is 23.4 Å². The summed E-state index contributed by atoms with van der Waals surface area (Å²) in [5.74, 6) is 0.949. The van der Waals surface area contributed by atoms with Gasteiger partial charge < -0.3 is 15.0 Å². The van der Waals surface area contributed by atoms with E-state index in [-0.39, 0.29) is 12.1 Å². The molecule has 0 spiro atoms. The van der Waals surface area contributed by atoms with Crippen LogP contribution in [0.2, 0.25) is 0 Å². The predicted molar refractivity (Wildman–Crippen MR) is 113 cm³/mol. The van der Waals surface area contributed by atoms with Crippen molar-refractivity contribution >= 4 is 39.5 Å². The topological polar surface area (TPSA) is 67.3 Å². The van der Waals surface area contributed by atoms with Crippen molar-refractivity contribution in [2.24, 2.45) is 0 Å². The molecule has 1 fully saturated rings. The van der Waals surface area contributed by atoms with Crippen molar-refractivity contribution in [3.05, 3.63) is 54.2 Å². The molecule has 2 aromatic heterocycles. The number of nitrogens with one attached hydrogen (secondary N) is 1. The zero-order valence-electron chi connectivity index (χ0n) is 15.4. The normalized spacial score (nSPS) is 17.0. The number of benzene rings is 1. The van der Waals surface area contributed by atoms with E-state index in [4.69, 9.17) is 4.74 Å². The number of carbonyl (C=O) groups excluding carboxylic acids is 1. The van der Waals surface area contributed by atoms with Crippen LogP contribution < -0.4 is 5.32 Å². The fourth-order valence-corrected chi connectivity index (χ4v) is 5.20. The van der Waals surface area contributed by atoms with Gasteiger partial charge in [-0.15, -0.1) is 0 Å². The largest absolute Gasteiger partial charge is 0.445 e. The standard InChI is InChI=1S/C20H22N4O2S2/c25-20(26-14-15-5-2-1-3-6-15)24-11-10-21-16(13-24)8-12-27-19-23-17-7-4-9-22-18(17)28-19/h1-7,9,16,21H,8,10-14H2/t16-/m1/s1. The number of hydrogen-bond donors (Lipinski definition) is 1. The molecule has 1 aromatic carbocycles. The molecule has 3 heterocycles. The molecule has 0 aliphatic carbocycles. The Balaban J connectivity index is 1.22. The van der Waals surface area contributed by atoms with E-state index in [0.717, 1.165) is 39.0 Å². The maximum absolute atomic E-state index is 12.4. The summed E-state index contributed by atoms with van der Waals surface area (Å²) in [5.41, 5.74) is 1.96. The third-order valence-corrected chi connectivity index (χ3v) is 6.71. The van der Waals surface area contributed by atoms with Crippen LogP contribution >= 0.6 is 23.1 Å². The SMILES string of the molecule is O=C(OCc1ccccc1)N1CCN[C@H](CCSc2nc3cccnc3s2)C1. The minimum absolute atomic E-state index is 0.236. The Morgan fingerprint density at radius 2 is 2.18 bits per heavy atom. The molecule has 1 amide bonds. The number of nitrogens with zero attached hydrogens (tertiary/aromatic N) is 3. The lowest BCUT2D eigenvalue weighted by Gasteiger charge is -2.33. The smallest absolute Gasteiger partial charge is 0.410 e. The second-order valence-corrected chi connectivity index (χ2v) is 8.90. The van der Waals surface area contributed by atoms with Crippen molar-refractivity contribution in [3.8, 4) is 0 Å². The zero-order chi connectivity index (χ0) is 19.2. The van der Waals surface area contributed by atoms with E-state index in [1.54, 1.807) is 34.2 Å². The summed E-state index contributed by atoms with van der Waals surface area (Å²) >= 11 is 3.38. The van der Waals surface area contributed by atoms with Gasteiger partial charge in [0.2, 0.25) is 0 Å². The Bertz CT molecular complexity index is 886. The van der Waals surface area contributed by atoms with Crippen LogP contribution in [-0.4, -0.2) is 52.4 Å². The first-order valence-corrected chi connectivity index (χ1v) is 11.1. The minimum Gasteiger partial charge on any atom is -0.445 e. The van der Waals surface area contributed by atoms with E-state index in [1.807, 2.05) is 42.5 Å². The third-order valence-electron chi connectivity index (χ3n) is 4.56. The van der Waals surface area contributed by atoms with E-state index in [0.29, 0.717) is 19.7 Å². The van der Waals surface area contributed by atoms with Crippen molar-refractivity contribution in [1.29, 1.82) is 0 Å². The summed E-state index contributed by atoms with van der Waals surface area (Å²) in [7, 11) is 0. The quantitative estimate of drug-likeness (QED) is 0.619. The highest BCUT2D eigenvalue weighted by molar-refractivity contribution is 8.01. The van der Waals surface area contributed by atoms with Gasteiger partial charge in [-0.1, -0.05) is 53.4 Å². The van der Waals surface area contributed by atoms with Crippen LogP contribution in [0.3, 0.4) is 0 Å². The molecule has 8 heteroatoms. The molecule has 4 rings (SSSR count). The number of aromatic nitrogens is 2. The molecular weight excluding hydrogens is 392 g/mol. The molecule has 1 atom stereocenters. The number of pyridine rings is 1. The van der Waals surface area contributed by atoms with Gasteiger partial charge in [-0.3, -0.25) is 0 Å². The fourth-order valence-electron chi connectivity index (χ4n) is 3.10. The number of thioether (sulfide) groups is 1. The molecule has 1 N–H and O–H groups in total. The molecule has 0 radical (unpaired) electrons. The average Bonchev–Trinajstić information content (AvgIpc) is 3.16. The number of piperazine rings is 1. The van der Waals surface area contributed by atoms with Crippen LogP contribution in [-0.2, 0) is 11.3 Å². The number of thiazole rings is 1. The Hall–Kier alpha value is -2.16. The average molecular weight is 415 g/mol. The molecule has 1 saturated heterocycles. The van der Waals surface area contributed by atoms with E-state index >= 15 is 0 Å². The van der Waals surface area contributed by atoms with Gasteiger partial charge in [0.1, 0.15) is 17.0 Å². The van der Waals surface area contributed by atoms with Crippen LogP contribution in [0.4, 0.5) is 4.79 Å². The summed E-state index contributed by atoms with van der Waals surface area (Å²) in [4.78, 5) is 24.1. The summed E-state index contributed by atoms with van der Waals surface area (Å²) < 4.78 is 6.51. The number of hydrogen-bond acceptors (Lipinski definition) is 7. The van der Waals surface area contributed by atoms with E-state index < -0.39 is 0 Å². The molecule has 1 aliphatic rings. The van der Waals surface area contributed by atoms with Gasteiger partial charge >= 0.3 is 6.09 Å². The lowest BCUT2D eigenvalue weighted by molar-refractivity contribution is 0.0847. The first-order chi connectivity index (χ1) is 13.8. The first-order valence-electron chi connectivity index (χ1n) is 9.31. The van der Waals surface area contributed by atoms with Gasteiger partial charge in [0.05, 0.1) is 0 Å². The molecule has 3 aromatic rings. The van der Waals surface area contributed by atoms with Crippen molar-refractivity contribution in [3.63, 3.8) is 0 Å². The minimum atomic E-state index is -0.236. The second kappa shape index (κ2) is 9.36. The number of amides is 1. The molecule has 1 aliphatic heterocycles. The molecule has 0 bridgehead atoms. The number of carbonyl (C=O) groups is 1. The van der Waals surface area contributed by atoms with Crippen molar-refractivity contribution in [1.82, 2.24) is 20.2 Å². The van der Waals surface area contributed by atoms with Crippen molar-refractivity contribution in [2.75, 3.05) is 25.4 Å². The van der Waals surface area contributed by atoms with Crippen LogP contribution in [0.25, 0.3) is 10.3 Å². The van der Waals surface area contributed by atoms with Gasteiger partial charge in [-0.2, -0.15) is 0 Å². The monoisotopic (exact) mass is 414 g/mol. The molecule has 28 heavy (non-hydrogen) atoms. The number of ether oxygens (including phenoxy) is 1. The molecular formula is C20H22N4O2S2. The number of fused-ring (bicyclic) bond motifs is 1. The van der Waals surface area contributed by atoms with Gasteiger partial charge in [-0.25, -0.2) is 14.8 Å². The molecule has 0 unspecified atom stereocenters. The maximum atomic E-state index is 12.4. The van der Waals surface area contributed by atoms with Crippen molar-refractivity contribution < 1.29 is 9.53 Å². The predicted octanol–water partition coefficient (Wildman–Crippen LogP) is 3.78. The highest BCUT2D eigenvalue weighted by Gasteiger charge is 2.24. The Morgan fingerprint density at radius 1 is 1.29 bits per heavy atom. The van der Waals surface area contributed by atoms with Gasteiger partial charge in [0.15, 0.2) is 4.34 Å². The Labute approximate surface area is 172 Å². The van der Waals surface area contributed by atoms with E-state index in [9.17, 15) is 4.79 Å². The Kier molecular flexibility index (Phi) is 6.41. The maximum Gasteiger partial charge on any atom is 0.410 e. The van der Waals surface area contributed by atoms with E-state index in [1.165, 1.54) is 0 Å².